The van der Waals surface area contributed by atoms with E-state index in [1.54, 1.807) is 19.4 Å². The summed E-state index contributed by atoms with van der Waals surface area (Å²) in [6.07, 6.45) is 5.61. The summed E-state index contributed by atoms with van der Waals surface area (Å²) in [4.78, 5) is 26.1. The van der Waals surface area contributed by atoms with Crippen LogP contribution in [0, 0.1) is 0 Å². The van der Waals surface area contributed by atoms with E-state index < -0.39 is 5.97 Å². The highest BCUT2D eigenvalue weighted by Gasteiger charge is 2.19. The quantitative estimate of drug-likeness (QED) is 0.299. The van der Waals surface area contributed by atoms with Crippen LogP contribution in [0.5, 0.6) is 11.6 Å². The number of nitrogens with zero attached hydrogens (tertiary/aromatic N) is 6. The minimum atomic E-state index is -0.457. The molecule has 3 aromatic heterocycles. The molecule has 0 saturated heterocycles. The predicted octanol–water partition coefficient (Wildman–Crippen LogP) is 3.75. The maximum atomic E-state index is 12.2. The average Bonchev–Trinajstić information content (AvgIpc) is 3.68. The Morgan fingerprint density at radius 2 is 2.00 bits per heavy atom. The van der Waals surface area contributed by atoms with Gasteiger partial charge in [-0.15, -0.1) is 0 Å². The van der Waals surface area contributed by atoms with Gasteiger partial charge in [-0.1, -0.05) is 42.5 Å². The second-order valence-electron chi connectivity index (χ2n) is 8.58. The molecule has 5 aromatic rings. The number of rotatable bonds is 8. The van der Waals surface area contributed by atoms with Crippen LogP contribution in [-0.2, 0) is 24.3 Å². The molecule has 0 bridgehead atoms. The van der Waals surface area contributed by atoms with Crippen molar-refractivity contribution in [3.05, 3.63) is 89.5 Å². The molecule has 6 rings (SSSR count). The molecule has 186 valence electrons. The number of esters is 1. The first kappa shape index (κ1) is 22.7. The van der Waals surface area contributed by atoms with Crippen LogP contribution in [0.4, 0.5) is 0 Å². The van der Waals surface area contributed by atoms with Crippen LogP contribution in [-0.4, -0.2) is 48.5 Å². The number of imidazole rings is 1. The lowest BCUT2D eigenvalue weighted by Gasteiger charge is -2.10. The SMILES string of the molecule is CCOC(=O)c1cnn(-c2nc(OCc3ccccc3)c3ncn(Cc4ccc5c(c4)CCO5)c3n2)c1. The van der Waals surface area contributed by atoms with Gasteiger partial charge in [0.25, 0.3) is 5.95 Å². The van der Waals surface area contributed by atoms with Gasteiger partial charge in [-0.3, -0.25) is 0 Å². The summed E-state index contributed by atoms with van der Waals surface area (Å²) >= 11 is 0. The van der Waals surface area contributed by atoms with Gasteiger partial charge in [-0.2, -0.15) is 15.1 Å². The van der Waals surface area contributed by atoms with Crippen molar-refractivity contribution in [2.45, 2.75) is 26.5 Å². The monoisotopic (exact) mass is 496 g/mol. The minimum Gasteiger partial charge on any atom is -0.493 e. The third-order valence-electron chi connectivity index (χ3n) is 6.04. The summed E-state index contributed by atoms with van der Waals surface area (Å²) in [5, 5.41) is 4.29. The van der Waals surface area contributed by atoms with Crippen molar-refractivity contribution in [1.82, 2.24) is 29.3 Å². The van der Waals surface area contributed by atoms with Crippen LogP contribution in [0.3, 0.4) is 0 Å². The number of hydrogen-bond acceptors (Lipinski definition) is 8. The zero-order valence-electron chi connectivity index (χ0n) is 20.2. The highest BCUT2D eigenvalue weighted by atomic mass is 16.5. The van der Waals surface area contributed by atoms with Crippen molar-refractivity contribution in [2.75, 3.05) is 13.2 Å². The molecule has 10 nitrogen and oxygen atoms in total. The standard InChI is InChI=1S/C27H24N6O4/c1-2-35-26(34)21-13-29-33(15-21)27-30-24-23(25(31-27)37-16-18-6-4-3-5-7-18)28-17-32(24)14-19-8-9-22-20(12-19)10-11-36-22/h3-9,12-13,15,17H,2,10-11,14,16H2,1H3. The first-order valence-electron chi connectivity index (χ1n) is 12.0. The number of carbonyl (C=O) groups excluding carboxylic acids is 1. The summed E-state index contributed by atoms with van der Waals surface area (Å²) in [7, 11) is 0. The van der Waals surface area contributed by atoms with E-state index in [0.717, 1.165) is 23.3 Å². The summed E-state index contributed by atoms with van der Waals surface area (Å²) in [6.45, 7) is 3.62. The van der Waals surface area contributed by atoms with E-state index in [0.29, 0.717) is 42.4 Å². The molecule has 0 saturated carbocycles. The Morgan fingerprint density at radius 3 is 2.86 bits per heavy atom. The molecule has 4 heterocycles. The number of ether oxygens (including phenoxy) is 3. The molecule has 1 aliphatic heterocycles. The molecule has 2 aromatic carbocycles. The van der Waals surface area contributed by atoms with Crippen molar-refractivity contribution in [1.29, 1.82) is 0 Å². The second kappa shape index (κ2) is 9.73. The number of carbonyl (C=O) groups is 1. The number of hydrogen-bond donors (Lipinski definition) is 0. The Bertz CT molecular complexity index is 1580. The average molecular weight is 497 g/mol. The van der Waals surface area contributed by atoms with Gasteiger partial charge < -0.3 is 18.8 Å². The lowest BCUT2D eigenvalue weighted by molar-refractivity contribution is 0.0526. The molecule has 1 aliphatic rings. The van der Waals surface area contributed by atoms with Crippen molar-refractivity contribution >= 4 is 17.1 Å². The van der Waals surface area contributed by atoms with Gasteiger partial charge in [0.05, 0.1) is 37.8 Å². The Labute approximate surface area is 212 Å². The molecule has 0 radical (unpaired) electrons. The maximum absolute atomic E-state index is 12.2. The molecule has 0 atom stereocenters. The zero-order valence-corrected chi connectivity index (χ0v) is 20.2. The summed E-state index contributed by atoms with van der Waals surface area (Å²) < 4.78 is 20.2. The minimum absolute atomic E-state index is 0.259. The Morgan fingerprint density at radius 1 is 1.11 bits per heavy atom. The van der Waals surface area contributed by atoms with E-state index in [9.17, 15) is 4.79 Å². The van der Waals surface area contributed by atoms with Crippen molar-refractivity contribution < 1.29 is 19.0 Å². The number of fused-ring (bicyclic) bond motifs is 2. The van der Waals surface area contributed by atoms with Crippen molar-refractivity contribution in [3.63, 3.8) is 0 Å². The van der Waals surface area contributed by atoms with Gasteiger partial charge in [0, 0.05) is 12.6 Å². The molecule has 0 unspecified atom stereocenters. The largest absolute Gasteiger partial charge is 0.493 e. The van der Waals surface area contributed by atoms with E-state index >= 15 is 0 Å². The summed E-state index contributed by atoms with van der Waals surface area (Å²) in [5.41, 5.74) is 4.76. The van der Waals surface area contributed by atoms with Crippen LogP contribution < -0.4 is 9.47 Å². The molecular weight excluding hydrogens is 472 g/mol. The van der Waals surface area contributed by atoms with Crippen LogP contribution in [0.25, 0.3) is 17.1 Å². The second-order valence-corrected chi connectivity index (χ2v) is 8.58. The summed E-state index contributed by atoms with van der Waals surface area (Å²) in [5.74, 6) is 1.07. The van der Waals surface area contributed by atoms with Gasteiger partial charge in [0.2, 0.25) is 5.88 Å². The fraction of sp³-hybridized carbons (Fsp3) is 0.222. The molecule has 0 N–H and O–H groups in total. The fourth-order valence-corrected chi connectivity index (χ4v) is 4.24. The smallest absolute Gasteiger partial charge is 0.341 e. The van der Waals surface area contributed by atoms with E-state index in [1.807, 2.05) is 47.0 Å². The van der Waals surface area contributed by atoms with Gasteiger partial charge >= 0.3 is 5.97 Å². The Balaban J connectivity index is 1.38. The van der Waals surface area contributed by atoms with Crippen LogP contribution in [0.15, 0.2) is 67.3 Å². The first-order valence-corrected chi connectivity index (χ1v) is 12.0. The molecule has 0 aliphatic carbocycles. The topological polar surface area (TPSA) is 106 Å². The first-order chi connectivity index (χ1) is 18.2. The predicted molar refractivity (Wildman–Crippen MR) is 134 cm³/mol. The Hall–Kier alpha value is -4.73. The Kier molecular flexibility index (Phi) is 5.97. The van der Waals surface area contributed by atoms with Crippen LogP contribution >= 0.6 is 0 Å². The third-order valence-corrected chi connectivity index (χ3v) is 6.04. The summed E-state index contributed by atoms with van der Waals surface area (Å²) in [6, 6.07) is 16.0. The number of benzene rings is 2. The van der Waals surface area contributed by atoms with Crippen LogP contribution in [0.1, 0.15) is 34.0 Å². The van der Waals surface area contributed by atoms with E-state index in [2.05, 4.69) is 21.1 Å². The lowest BCUT2D eigenvalue weighted by atomic mass is 10.1. The third kappa shape index (κ3) is 4.61. The van der Waals surface area contributed by atoms with E-state index in [1.165, 1.54) is 16.4 Å². The molecule has 37 heavy (non-hydrogen) atoms. The highest BCUT2D eigenvalue weighted by Crippen LogP contribution is 2.28. The van der Waals surface area contributed by atoms with Gasteiger partial charge in [-0.05, 0) is 29.7 Å². The van der Waals surface area contributed by atoms with E-state index in [-0.39, 0.29) is 12.6 Å². The van der Waals surface area contributed by atoms with Crippen molar-refractivity contribution in [3.8, 4) is 17.6 Å². The normalized spacial score (nSPS) is 12.4. The zero-order chi connectivity index (χ0) is 25.2. The lowest BCUT2D eigenvalue weighted by Crippen LogP contribution is -2.08. The van der Waals surface area contributed by atoms with Gasteiger partial charge in [0.1, 0.15) is 12.4 Å². The van der Waals surface area contributed by atoms with Crippen LogP contribution in [0.2, 0.25) is 0 Å². The fourth-order valence-electron chi connectivity index (χ4n) is 4.24. The molecule has 10 heteroatoms. The van der Waals surface area contributed by atoms with Gasteiger partial charge in [-0.25, -0.2) is 14.5 Å². The number of aromatic nitrogens is 6. The molecule has 0 amide bonds. The maximum Gasteiger partial charge on any atom is 0.341 e. The van der Waals surface area contributed by atoms with E-state index in [4.69, 9.17) is 19.2 Å². The molecule has 0 spiro atoms. The molecular formula is C27H24N6O4. The molecule has 0 fully saturated rings. The highest BCUT2D eigenvalue weighted by molar-refractivity contribution is 5.88. The van der Waals surface area contributed by atoms with Crippen molar-refractivity contribution in [2.24, 2.45) is 0 Å². The van der Waals surface area contributed by atoms with Gasteiger partial charge in [0.15, 0.2) is 11.2 Å².